The summed E-state index contributed by atoms with van der Waals surface area (Å²) in [6.07, 6.45) is -0.231. The summed E-state index contributed by atoms with van der Waals surface area (Å²) in [5.74, 6) is -0.833. The molecular weight excluding hydrogens is 200 g/mol. The minimum Gasteiger partial charge on any atom is -0.481 e. The Balaban J connectivity index is 0. The first-order chi connectivity index (χ1) is 4.37. The molecule has 62 valence electrons. The summed E-state index contributed by atoms with van der Waals surface area (Å²) >= 11 is 3.19. The summed E-state index contributed by atoms with van der Waals surface area (Å²) in [5.41, 5.74) is 0. The molecule has 0 rings (SSSR count). The van der Waals surface area contributed by atoms with E-state index >= 15 is 0 Å². The van der Waals surface area contributed by atoms with Crippen LogP contribution in [0.4, 0.5) is 0 Å². The third-order valence-electron chi connectivity index (χ3n) is 0.665. The van der Waals surface area contributed by atoms with Crippen LogP contribution in [-0.4, -0.2) is 27.1 Å². The SMILES string of the molecule is CC(=O)O.CC(O)C(C)Br. The first-order valence-corrected chi connectivity index (χ1v) is 3.81. The summed E-state index contributed by atoms with van der Waals surface area (Å²) in [5, 5.41) is 16.0. The predicted octanol–water partition coefficient (Wildman–Crippen LogP) is 1.24. The number of hydrogen-bond acceptors (Lipinski definition) is 2. The highest BCUT2D eigenvalue weighted by Crippen LogP contribution is 2.01. The molecule has 10 heavy (non-hydrogen) atoms. The van der Waals surface area contributed by atoms with Gasteiger partial charge in [-0.05, 0) is 6.92 Å². The van der Waals surface area contributed by atoms with Crippen molar-refractivity contribution in [3.05, 3.63) is 0 Å². The van der Waals surface area contributed by atoms with Crippen molar-refractivity contribution in [2.24, 2.45) is 0 Å². The van der Waals surface area contributed by atoms with E-state index in [9.17, 15) is 0 Å². The lowest BCUT2D eigenvalue weighted by Gasteiger charge is -2.02. The van der Waals surface area contributed by atoms with E-state index < -0.39 is 5.97 Å². The van der Waals surface area contributed by atoms with Gasteiger partial charge in [0.1, 0.15) is 0 Å². The van der Waals surface area contributed by atoms with Crippen LogP contribution in [0.2, 0.25) is 0 Å². The quantitative estimate of drug-likeness (QED) is 0.644. The van der Waals surface area contributed by atoms with Crippen LogP contribution in [0.5, 0.6) is 0 Å². The van der Waals surface area contributed by atoms with Gasteiger partial charge in [0.2, 0.25) is 0 Å². The van der Waals surface area contributed by atoms with Crippen LogP contribution in [0.25, 0.3) is 0 Å². The van der Waals surface area contributed by atoms with Crippen molar-refractivity contribution < 1.29 is 15.0 Å². The second kappa shape index (κ2) is 7.02. The number of aliphatic hydroxyl groups is 1. The van der Waals surface area contributed by atoms with Crippen molar-refractivity contribution >= 4 is 21.9 Å². The fourth-order valence-electron chi connectivity index (χ4n) is 0. The number of alkyl halides is 1. The maximum Gasteiger partial charge on any atom is 0.300 e. The predicted molar refractivity (Wildman–Crippen MR) is 43.4 cm³/mol. The summed E-state index contributed by atoms with van der Waals surface area (Å²) in [7, 11) is 0. The summed E-state index contributed by atoms with van der Waals surface area (Å²) in [6, 6.07) is 0. The molecule has 0 heterocycles. The lowest BCUT2D eigenvalue weighted by Crippen LogP contribution is -2.10. The molecule has 0 aliphatic rings. The molecule has 0 saturated carbocycles. The van der Waals surface area contributed by atoms with Crippen molar-refractivity contribution in [3.8, 4) is 0 Å². The molecule has 0 amide bonds. The molecule has 0 aromatic rings. The van der Waals surface area contributed by atoms with Gasteiger partial charge in [0.15, 0.2) is 0 Å². The molecule has 0 aliphatic heterocycles. The van der Waals surface area contributed by atoms with E-state index in [0.29, 0.717) is 0 Å². The van der Waals surface area contributed by atoms with Crippen LogP contribution >= 0.6 is 15.9 Å². The minimum atomic E-state index is -0.833. The Morgan fingerprint density at radius 3 is 1.60 bits per heavy atom. The zero-order valence-electron chi connectivity index (χ0n) is 6.34. The summed E-state index contributed by atoms with van der Waals surface area (Å²) in [4.78, 5) is 9.22. The van der Waals surface area contributed by atoms with Crippen molar-refractivity contribution in [1.29, 1.82) is 0 Å². The van der Waals surface area contributed by atoms with Crippen LogP contribution in [0.3, 0.4) is 0 Å². The Bertz CT molecular complexity index is 81.0. The van der Waals surface area contributed by atoms with Crippen LogP contribution in [-0.2, 0) is 4.79 Å². The Morgan fingerprint density at radius 2 is 1.60 bits per heavy atom. The molecule has 2 N–H and O–H groups in total. The first-order valence-electron chi connectivity index (χ1n) is 2.89. The maximum absolute atomic E-state index is 9.00. The largest absolute Gasteiger partial charge is 0.481 e. The normalized spacial score (nSPS) is 14.5. The van der Waals surface area contributed by atoms with E-state index in [4.69, 9.17) is 15.0 Å². The van der Waals surface area contributed by atoms with Gasteiger partial charge in [-0.1, -0.05) is 22.9 Å². The monoisotopic (exact) mass is 212 g/mol. The average molecular weight is 213 g/mol. The highest BCUT2D eigenvalue weighted by Gasteiger charge is 1.99. The highest BCUT2D eigenvalue weighted by molar-refractivity contribution is 9.09. The van der Waals surface area contributed by atoms with Gasteiger partial charge in [-0.2, -0.15) is 0 Å². The van der Waals surface area contributed by atoms with Crippen molar-refractivity contribution in [2.75, 3.05) is 0 Å². The van der Waals surface area contributed by atoms with Crippen molar-refractivity contribution in [3.63, 3.8) is 0 Å². The second-order valence-electron chi connectivity index (χ2n) is 1.94. The van der Waals surface area contributed by atoms with Gasteiger partial charge in [-0.25, -0.2) is 0 Å². The zero-order valence-corrected chi connectivity index (χ0v) is 7.92. The van der Waals surface area contributed by atoms with E-state index in [1.54, 1.807) is 6.92 Å². The average Bonchev–Trinajstić information content (AvgIpc) is 1.63. The molecule has 0 fully saturated rings. The van der Waals surface area contributed by atoms with Gasteiger partial charge in [-0.3, -0.25) is 4.79 Å². The molecule has 0 aliphatic carbocycles. The van der Waals surface area contributed by atoms with Crippen molar-refractivity contribution in [2.45, 2.75) is 31.7 Å². The van der Waals surface area contributed by atoms with Crippen LogP contribution < -0.4 is 0 Å². The molecule has 0 saturated heterocycles. The molecule has 0 aromatic heterocycles. The van der Waals surface area contributed by atoms with E-state index in [1.807, 2.05) is 6.92 Å². The smallest absolute Gasteiger partial charge is 0.300 e. The first kappa shape index (κ1) is 12.6. The molecule has 0 spiro atoms. The number of hydrogen-bond donors (Lipinski definition) is 2. The third-order valence-corrected chi connectivity index (χ3v) is 1.43. The number of aliphatic hydroxyl groups excluding tert-OH is 1. The molecule has 4 heteroatoms. The number of rotatable bonds is 1. The van der Waals surface area contributed by atoms with Crippen LogP contribution in [0.1, 0.15) is 20.8 Å². The minimum absolute atomic E-state index is 0.220. The number of carbonyl (C=O) groups is 1. The topological polar surface area (TPSA) is 57.5 Å². The fourth-order valence-corrected chi connectivity index (χ4v) is 0. The number of aliphatic carboxylic acids is 1. The van der Waals surface area contributed by atoms with Gasteiger partial charge in [0.05, 0.1) is 6.10 Å². The van der Waals surface area contributed by atoms with Gasteiger partial charge in [0, 0.05) is 11.8 Å². The Labute approximate surface area is 69.2 Å². The Kier molecular flexibility index (Phi) is 8.83. The summed E-state index contributed by atoms with van der Waals surface area (Å²) in [6.45, 7) is 4.74. The molecule has 0 aromatic carbocycles. The van der Waals surface area contributed by atoms with E-state index in [0.717, 1.165) is 6.92 Å². The molecular formula is C6H13BrO3. The standard InChI is InChI=1S/C4H9BrO.C2H4O2/c1-3(5)4(2)6;1-2(3)4/h3-4,6H,1-2H3;1H3,(H,3,4). The summed E-state index contributed by atoms with van der Waals surface area (Å²) < 4.78 is 0. The van der Waals surface area contributed by atoms with E-state index in [2.05, 4.69) is 15.9 Å². The van der Waals surface area contributed by atoms with Crippen LogP contribution in [0, 0.1) is 0 Å². The van der Waals surface area contributed by atoms with Crippen molar-refractivity contribution in [1.82, 2.24) is 0 Å². The van der Waals surface area contributed by atoms with E-state index in [-0.39, 0.29) is 10.9 Å². The lowest BCUT2D eigenvalue weighted by atomic mass is 10.3. The Morgan fingerprint density at radius 1 is 1.50 bits per heavy atom. The fraction of sp³-hybridized carbons (Fsp3) is 0.833. The third kappa shape index (κ3) is 24.7. The van der Waals surface area contributed by atoms with E-state index in [1.165, 1.54) is 0 Å². The number of halogens is 1. The van der Waals surface area contributed by atoms with Crippen LogP contribution in [0.15, 0.2) is 0 Å². The molecule has 0 radical (unpaired) electrons. The molecule has 2 atom stereocenters. The number of carboxylic acids is 1. The van der Waals surface area contributed by atoms with Gasteiger partial charge in [-0.15, -0.1) is 0 Å². The second-order valence-corrected chi connectivity index (χ2v) is 3.38. The van der Waals surface area contributed by atoms with Gasteiger partial charge in [0.25, 0.3) is 5.97 Å². The van der Waals surface area contributed by atoms with Gasteiger partial charge < -0.3 is 10.2 Å². The highest BCUT2D eigenvalue weighted by atomic mass is 79.9. The lowest BCUT2D eigenvalue weighted by molar-refractivity contribution is -0.134. The molecule has 3 nitrogen and oxygen atoms in total. The molecule has 2 unspecified atom stereocenters. The maximum atomic E-state index is 9.00. The number of carboxylic acid groups (broad SMARTS) is 1. The Hall–Kier alpha value is -0.0900. The zero-order chi connectivity index (χ0) is 8.73. The molecule has 0 bridgehead atoms. The van der Waals surface area contributed by atoms with Gasteiger partial charge >= 0.3 is 0 Å².